The van der Waals surface area contributed by atoms with E-state index >= 15 is 0 Å². The van der Waals surface area contributed by atoms with E-state index in [1.165, 1.54) is 6.07 Å². The van der Waals surface area contributed by atoms with E-state index in [1.807, 2.05) is 32.0 Å². The number of hydrogen-bond acceptors (Lipinski definition) is 6. The van der Waals surface area contributed by atoms with Crippen molar-refractivity contribution in [3.8, 4) is 5.75 Å². The number of ketones is 1. The molecule has 2 aromatic rings. The lowest BCUT2D eigenvalue weighted by molar-refractivity contribution is -0.147. The SMILES string of the molecule is Cc1ccc(OCCNC(=O)COC(=O)CN2C(=O)C(=O)c3ccccc32)c(C)c1. The summed E-state index contributed by atoms with van der Waals surface area (Å²) < 4.78 is 10.5. The quantitative estimate of drug-likeness (QED) is 0.403. The molecule has 0 bridgehead atoms. The summed E-state index contributed by atoms with van der Waals surface area (Å²) >= 11 is 0. The molecular formula is C22H22N2O6. The van der Waals surface area contributed by atoms with Crippen LogP contribution in [0.3, 0.4) is 0 Å². The maximum Gasteiger partial charge on any atom is 0.326 e. The maximum absolute atomic E-state index is 12.0. The Morgan fingerprint density at radius 2 is 1.83 bits per heavy atom. The molecule has 2 amide bonds. The number of esters is 1. The summed E-state index contributed by atoms with van der Waals surface area (Å²) in [5.41, 5.74) is 2.75. The third kappa shape index (κ3) is 4.83. The second kappa shape index (κ2) is 9.21. The number of carbonyl (C=O) groups is 4. The predicted octanol–water partition coefficient (Wildman–Crippen LogP) is 1.57. The van der Waals surface area contributed by atoms with Gasteiger partial charge in [-0.05, 0) is 37.6 Å². The third-order valence-corrected chi connectivity index (χ3v) is 4.54. The number of amides is 2. The number of ether oxygens (including phenoxy) is 2. The minimum atomic E-state index is -0.791. The molecule has 0 unspecified atom stereocenters. The van der Waals surface area contributed by atoms with Crippen LogP contribution in [0.25, 0.3) is 0 Å². The standard InChI is InChI=1S/C22H22N2O6/c1-14-7-8-18(15(2)11-14)29-10-9-23-19(25)13-30-20(26)12-24-17-6-4-3-5-16(17)21(27)22(24)28/h3-8,11H,9-10,12-13H2,1-2H3,(H,23,25). The molecule has 156 valence electrons. The van der Waals surface area contributed by atoms with Crippen molar-refractivity contribution in [3.05, 3.63) is 59.2 Å². The van der Waals surface area contributed by atoms with E-state index in [-0.39, 0.29) is 18.7 Å². The van der Waals surface area contributed by atoms with Crippen molar-refractivity contribution in [3.63, 3.8) is 0 Å². The van der Waals surface area contributed by atoms with Crippen LogP contribution in [0, 0.1) is 13.8 Å². The third-order valence-electron chi connectivity index (χ3n) is 4.54. The van der Waals surface area contributed by atoms with E-state index in [0.717, 1.165) is 21.8 Å². The van der Waals surface area contributed by atoms with Crippen LogP contribution in [0.15, 0.2) is 42.5 Å². The first kappa shape index (κ1) is 21.0. The summed E-state index contributed by atoms with van der Waals surface area (Å²) in [7, 11) is 0. The molecule has 30 heavy (non-hydrogen) atoms. The van der Waals surface area contributed by atoms with Crippen molar-refractivity contribution in [1.82, 2.24) is 5.32 Å². The molecule has 1 aliphatic rings. The zero-order valence-corrected chi connectivity index (χ0v) is 16.8. The van der Waals surface area contributed by atoms with Crippen LogP contribution >= 0.6 is 0 Å². The molecule has 1 N–H and O–H groups in total. The molecule has 8 heteroatoms. The fourth-order valence-corrected chi connectivity index (χ4v) is 3.09. The smallest absolute Gasteiger partial charge is 0.326 e. The van der Waals surface area contributed by atoms with Crippen molar-refractivity contribution in [2.45, 2.75) is 13.8 Å². The average Bonchev–Trinajstić information content (AvgIpc) is 2.96. The molecule has 0 atom stereocenters. The number of fused-ring (bicyclic) bond motifs is 1. The Labute approximate surface area is 173 Å². The van der Waals surface area contributed by atoms with Crippen LogP contribution < -0.4 is 15.0 Å². The monoisotopic (exact) mass is 410 g/mol. The summed E-state index contributed by atoms with van der Waals surface area (Å²) in [6.07, 6.45) is 0. The highest BCUT2D eigenvalue weighted by Gasteiger charge is 2.36. The van der Waals surface area contributed by atoms with E-state index in [2.05, 4.69) is 5.32 Å². The fraction of sp³-hybridized carbons (Fsp3) is 0.273. The summed E-state index contributed by atoms with van der Waals surface area (Å²) in [5.74, 6) is -1.99. The largest absolute Gasteiger partial charge is 0.491 e. The number of para-hydroxylation sites is 1. The molecule has 8 nitrogen and oxygen atoms in total. The first-order valence-electron chi connectivity index (χ1n) is 9.44. The van der Waals surface area contributed by atoms with Gasteiger partial charge in [-0.2, -0.15) is 0 Å². The summed E-state index contributed by atoms with van der Waals surface area (Å²) in [5, 5.41) is 2.59. The Morgan fingerprint density at radius 1 is 1.07 bits per heavy atom. The molecule has 0 aliphatic carbocycles. The minimum absolute atomic E-state index is 0.246. The highest BCUT2D eigenvalue weighted by atomic mass is 16.5. The number of anilines is 1. The lowest BCUT2D eigenvalue weighted by atomic mass is 10.1. The van der Waals surface area contributed by atoms with Crippen molar-refractivity contribution < 1.29 is 28.7 Å². The molecule has 0 saturated carbocycles. The van der Waals surface area contributed by atoms with Crippen LogP contribution in [0.5, 0.6) is 5.75 Å². The Kier molecular flexibility index (Phi) is 6.46. The first-order valence-corrected chi connectivity index (χ1v) is 9.44. The van der Waals surface area contributed by atoms with E-state index in [9.17, 15) is 19.2 Å². The highest BCUT2D eigenvalue weighted by molar-refractivity contribution is 6.52. The Morgan fingerprint density at radius 3 is 2.60 bits per heavy atom. The lowest BCUT2D eigenvalue weighted by Crippen LogP contribution is -2.37. The number of aryl methyl sites for hydroxylation is 2. The Bertz CT molecular complexity index is 1000. The van der Waals surface area contributed by atoms with Crippen LogP contribution in [0.1, 0.15) is 21.5 Å². The average molecular weight is 410 g/mol. The lowest BCUT2D eigenvalue weighted by Gasteiger charge is -2.15. The normalized spacial score (nSPS) is 12.5. The van der Waals surface area contributed by atoms with Gasteiger partial charge >= 0.3 is 5.97 Å². The molecule has 2 aromatic carbocycles. The van der Waals surface area contributed by atoms with Crippen molar-refractivity contribution in [2.75, 3.05) is 31.2 Å². The van der Waals surface area contributed by atoms with Gasteiger partial charge in [0.15, 0.2) is 6.61 Å². The minimum Gasteiger partial charge on any atom is -0.491 e. The molecular weight excluding hydrogens is 388 g/mol. The predicted molar refractivity (Wildman–Crippen MR) is 109 cm³/mol. The number of hydrogen-bond donors (Lipinski definition) is 1. The first-order chi connectivity index (χ1) is 14.4. The van der Waals surface area contributed by atoms with Crippen LogP contribution in [-0.4, -0.2) is 49.9 Å². The van der Waals surface area contributed by atoms with Gasteiger partial charge in [-0.25, -0.2) is 0 Å². The van der Waals surface area contributed by atoms with Gasteiger partial charge in [0, 0.05) is 0 Å². The number of nitrogens with one attached hydrogen (secondary N) is 1. The molecule has 1 aliphatic heterocycles. The molecule has 1 heterocycles. The van der Waals surface area contributed by atoms with Crippen LogP contribution in [-0.2, 0) is 19.1 Å². The van der Waals surface area contributed by atoms with E-state index in [0.29, 0.717) is 5.69 Å². The molecule has 0 radical (unpaired) electrons. The van der Waals surface area contributed by atoms with Gasteiger partial charge in [-0.1, -0.05) is 29.8 Å². The molecule has 3 rings (SSSR count). The topological polar surface area (TPSA) is 102 Å². The summed E-state index contributed by atoms with van der Waals surface area (Å²) in [6, 6.07) is 12.2. The van der Waals surface area contributed by atoms with Gasteiger partial charge in [0.2, 0.25) is 0 Å². The van der Waals surface area contributed by atoms with Crippen molar-refractivity contribution >= 4 is 29.3 Å². The molecule has 0 fully saturated rings. The van der Waals surface area contributed by atoms with Gasteiger partial charge in [0.1, 0.15) is 18.9 Å². The highest BCUT2D eigenvalue weighted by Crippen LogP contribution is 2.28. The second-order valence-electron chi connectivity index (χ2n) is 6.87. The number of rotatable bonds is 8. The number of nitrogens with zero attached hydrogens (tertiary/aromatic N) is 1. The van der Waals surface area contributed by atoms with Crippen LogP contribution in [0.4, 0.5) is 5.69 Å². The maximum atomic E-state index is 12.0. The Balaban J connectivity index is 1.39. The van der Waals surface area contributed by atoms with E-state index in [4.69, 9.17) is 9.47 Å². The molecule has 0 saturated heterocycles. The van der Waals surface area contributed by atoms with Crippen molar-refractivity contribution in [2.24, 2.45) is 0 Å². The number of benzene rings is 2. The Hall–Kier alpha value is -3.68. The zero-order valence-electron chi connectivity index (χ0n) is 16.8. The van der Waals surface area contributed by atoms with Gasteiger partial charge in [-0.15, -0.1) is 0 Å². The number of Topliss-reactive ketones (excluding diaryl/α,β-unsaturated/α-hetero) is 1. The second-order valence-corrected chi connectivity index (χ2v) is 6.87. The number of carbonyl (C=O) groups excluding carboxylic acids is 4. The summed E-state index contributed by atoms with van der Waals surface area (Å²) in [6.45, 7) is 3.53. The molecule has 0 spiro atoms. The fourth-order valence-electron chi connectivity index (χ4n) is 3.09. The summed E-state index contributed by atoms with van der Waals surface area (Å²) in [4.78, 5) is 48.9. The zero-order chi connectivity index (χ0) is 21.7. The van der Waals surface area contributed by atoms with Crippen LogP contribution in [0.2, 0.25) is 0 Å². The van der Waals surface area contributed by atoms with Gasteiger partial charge in [0.05, 0.1) is 17.8 Å². The van der Waals surface area contributed by atoms with Gasteiger partial charge in [0.25, 0.3) is 17.6 Å². The molecule has 0 aromatic heterocycles. The van der Waals surface area contributed by atoms with Gasteiger partial charge < -0.3 is 14.8 Å². The van der Waals surface area contributed by atoms with E-state index < -0.39 is 36.7 Å². The van der Waals surface area contributed by atoms with Gasteiger partial charge in [-0.3, -0.25) is 24.1 Å². The van der Waals surface area contributed by atoms with Crippen molar-refractivity contribution in [1.29, 1.82) is 0 Å². The van der Waals surface area contributed by atoms with E-state index in [1.54, 1.807) is 18.2 Å².